The van der Waals surface area contributed by atoms with Crippen LogP contribution in [0.4, 0.5) is 5.69 Å². The van der Waals surface area contributed by atoms with Crippen molar-refractivity contribution in [3.8, 4) is 0 Å². The van der Waals surface area contributed by atoms with Crippen LogP contribution in [0.1, 0.15) is 31.1 Å². The third kappa shape index (κ3) is 3.58. The number of benzene rings is 1. The van der Waals surface area contributed by atoms with Crippen molar-refractivity contribution in [3.63, 3.8) is 0 Å². The molecule has 0 aliphatic heterocycles. The molecular formula is C14H19NO3. The van der Waals surface area contributed by atoms with Gasteiger partial charge in [0.25, 0.3) is 0 Å². The maximum absolute atomic E-state index is 11.6. The van der Waals surface area contributed by atoms with Gasteiger partial charge in [-0.15, -0.1) is 0 Å². The standard InChI is InChI=1S/C14H19NO3/c1-9(2)13(14(17)18-4)15-12-7-5-11(6-8-12)10(3)16/h5-9,13,15H,1-4H3. The molecule has 98 valence electrons. The van der Waals surface area contributed by atoms with Crippen LogP contribution in [0.5, 0.6) is 0 Å². The van der Waals surface area contributed by atoms with Gasteiger partial charge in [0, 0.05) is 11.3 Å². The molecular weight excluding hydrogens is 230 g/mol. The second kappa shape index (κ2) is 6.19. The first-order valence-corrected chi connectivity index (χ1v) is 5.91. The first-order valence-electron chi connectivity index (χ1n) is 5.91. The van der Waals surface area contributed by atoms with Crippen LogP contribution >= 0.6 is 0 Å². The monoisotopic (exact) mass is 249 g/mol. The predicted octanol–water partition coefficient (Wildman–Crippen LogP) is 2.50. The van der Waals surface area contributed by atoms with Gasteiger partial charge in [-0.1, -0.05) is 13.8 Å². The van der Waals surface area contributed by atoms with Gasteiger partial charge in [-0.25, -0.2) is 4.79 Å². The number of nitrogens with one attached hydrogen (secondary N) is 1. The van der Waals surface area contributed by atoms with Crippen molar-refractivity contribution in [2.75, 3.05) is 12.4 Å². The summed E-state index contributed by atoms with van der Waals surface area (Å²) in [5, 5.41) is 3.11. The molecule has 4 nitrogen and oxygen atoms in total. The highest BCUT2D eigenvalue weighted by Gasteiger charge is 2.22. The fourth-order valence-corrected chi connectivity index (χ4v) is 1.61. The smallest absolute Gasteiger partial charge is 0.328 e. The number of hydrogen-bond acceptors (Lipinski definition) is 4. The summed E-state index contributed by atoms with van der Waals surface area (Å²) < 4.78 is 4.75. The van der Waals surface area contributed by atoms with Crippen molar-refractivity contribution in [2.45, 2.75) is 26.8 Å². The third-order valence-electron chi connectivity index (χ3n) is 2.74. The molecule has 0 saturated heterocycles. The summed E-state index contributed by atoms with van der Waals surface area (Å²) in [5.41, 5.74) is 1.45. The molecule has 0 fully saturated rings. The lowest BCUT2D eigenvalue weighted by Gasteiger charge is -2.21. The van der Waals surface area contributed by atoms with Gasteiger partial charge in [0.2, 0.25) is 0 Å². The van der Waals surface area contributed by atoms with E-state index in [9.17, 15) is 9.59 Å². The van der Waals surface area contributed by atoms with Crippen LogP contribution < -0.4 is 5.32 Å². The summed E-state index contributed by atoms with van der Waals surface area (Å²) in [4.78, 5) is 22.7. The van der Waals surface area contributed by atoms with Crippen LogP contribution in [-0.2, 0) is 9.53 Å². The summed E-state index contributed by atoms with van der Waals surface area (Å²) in [6.07, 6.45) is 0. The maximum Gasteiger partial charge on any atom is 0.328 e. The topological polar surface area (TPSA) is 55.4 Å². The number of hydrogen-bond donors (Lipinski definition) is 1. The molecule has 1 unspecified atom stereocenters. The molecule has 0 saturated carbocycles. The van der Waals surface area contributed by atoms with Gasteiger partial charge >= 0.3 is 5.97 Å². The molecule has 0 heterocycles. The average Bonchev–Trinajstić information content (AvgIpc) is 2.35. The average molecular weight is 249 g/mol. The summed E-state index contributed by atoms with van der Waals surface area (Å²) in [5.74, 6) is -0.152. The number of carbonyl (C=O) groups is 2. The summed E-state index contributed by atoms with van der Waals surface area (Å²) >= 11 is 0. The Kier molecular flexibility index (Phi) is 4.89. The fraction of sp³-hybridized carbons (Fsp3) is 0.429. The van der Waals surface area contributed by atoms with Crippen LogP contribution in [0.25, 0.3) is 0 Å². The molecule has 1 rings (SSSR count). The first-order chi connectivity index (χ1) is 8.45. The molecule has 0 amide bonds. The normalized spacial score (nSPS) is 12.1. The number of ether oxygens (including phenoxy) is 1. The molecule has 0 aliphatic carbocycles. The minimum atomic E-state index is -0.391. The molecule has 0 bridgehead atoms. The van der Waals surface area contributed by atoms with Crippen LogP contribution in [0.3, 0.4) is 0 Å². The Labute approximate surface area is 107 Å². The number of ketones is 1. The number of carbonyl (C=O) groups excluding carboxylic acids is 2. The highest BCUT2D eigenvalue weighted by molar-refractivity contribution is 5.94. The Morgan fingerprint density at radius 1 is 1.17 bits per heavy atom. The lowest BCUT2D eigenvalue weighted by molar-refractivity contribution is -0.142. The third-order valence-corrected chi connectivity index (χ3v) is 2.74. The van der Waals surface area contributed by atoms with E-state index < -0.39 is 6.04 Å². The van der Waals surface area contributed by atoms with E-state index in [0.29, 0.717) is 5.56 Å². The number of anilines is 1. The van der Waals surface area contributed by atoms with E-state index in [4.69, 9.17) is 4.74 Å². The molecule has 1 aromatic carbocycles. The predicted molar refractivity (Wildman–Crippen MR) is 70.7 cm³/mol. The second-order valence-electron chi connectivity index (χ2n) is 4.52. The van der Waals surface area contributed by atoms with Crippen molar-refractivity contribution in [2.24, 2.45) is 5.92 Å². The Bertz CT molecular complexity index is 423. The summed E-state index contributed by atoms with van der Waals surface area (Å²) in [6.45, 7) is 5.41. The maximum atomic E-state index is 11.6. The molecule has 1 aromatic rings. The van der Waals surface area contributed by atoms with Crippen LogP contribution in [0.2, 0.25) is 0 Å². The zero-order valence-electron chi connectivity index (χ0n) is 11.2. The Balaban J connectivity index is 2.81. The van der Waals surface area contributed by atoms with Gasteiger partial charge in [0.1, 0.15) is 6.04 Å². The van der Waals surface area contributed by atoms with Crippen LogP contribution in [0, 0.1) is 5.92 Å². The van der Waals surface area contributed by atoms with E-state index in [1.807, 2.05) is 13.8 Å². The highest BCUT2D eigenvalue weighted by atomic mass is 16.5. The molecule has 0 spiro atoms. The van der Waals surface area contributed by atoms with Crippen molar-refractivity contribution in [1.82, 2.24) is 0 Å². The molecule has 1 atom stereocenters. The second-order valence-corrected chi connectivity index (χ2v) is 4.52. The van der Waals surface area contributed by atoms with Gasteiger partial charge in [-0.2, -0.15) is 0 Å². The van der Waals surface area contributed by atoms with Gasteiger partial charge < -0.3 is 10.1 Å². The van der Waals surface area contributed by atoms with Crippen molar-refractivity contribution in [3.05, 3.63) is 29.8 Å². The Morgan fingerprint density at radius 2 is 1.72 bits per heavy atom. The molecule has 0 radical (unpaired) electrons. The minimum absolute atomic E-state index is 0.0231. The van der Waals surface area contributed by atoms with E-state index in [1.54, 1.807) is 24.3 Å². The first kappa shape index (κ1) is 14.2. The van der Waals surface area contributed by atoms with E-state index in [-0.39, 0.29) is 17.7 Å². The lowest BCUT2D eigenvalue weighted by Crippen LogP contribution is -2.35. The molecule has 1 N–H and O–H groups in total. The molecule has 18 heavy (non-hydrogen) atoms. The van der Waals surface area contributed by atoms with Gasteiger partial charge in [0.15, 0.2) is 5.78 Å². The number of rotatable bonds is 5. The van der Waals surface area contributed by atoms with E-state index in [2.05, 4.69) is 5.32 Å². The highest BCUT2D eigenvalue weighted by Crippen LogP contribution is 2.15. The van der Waals surface area contributed by atoms with Crippen LogP contribution in [0.15, 0.2) is 24.3 Å². The molecule has 0 aromatic heterocycles. The fourth-order valence-electron chi connectivity index (χ4n) is 1.61. The number of Topliss-reactive ketones (excluding diaryl/α,β-unsaturated/α-hetero) is 1. The molecule has 0 aliphatic rings. The zero-order valence-corrected chi connectivity index (χ0v) is 11.2. The van der Waals surface area contributed by atoms with Crippen molar-refractivity contribution < 1.29 is 14.3 Å². The van der Waals surface area contributed by atoms with E-state index >= 15 is 0 Å². The van der Waals surface area contributed by atoms with Gasteiger partial charge in [-0.3, -0.25) is 4.79 Å². The van der Waals surface area contributed by atoms with E-state index in [1.165, 1.54) is 14.0 Å². The lowest BCUT2D eigenvalue weighted by atomic mass is 10.0. The van der Waals surface area contributed by atoms with Crippen molar-refractivity contribution >= 4 is 17.4 Å². The van der Waals surface area contributed by atoms with Gasteiger partial charge in [0.05, 0.1) is 7.11 Å². The van der Waals surface area contributed by atoms with Crippen molar-refractivity contribution in [1.29, 1.82) is 0 Å². The van der Waals surface area contributed by atoms with Crippen LogP contribution in [-0.4, -0.2) is 24.9 Å². The summed E-state index contributed by atoms with van der Waals surface area (Å²) in [7, 11) is 1.37. The van der Waals surface area contributed by atoms with E-state index in [0.717, 1.165) is 5.69 Å². The number of esters is 1. The Hall–Kier alpha value is -1.84. The zero-order chi connectivity index (χ0) is 13.7. The minimum Gasteiger partial charge on any atom is -0.467 e. The van der Waals surface area contributed by atoms with Gasteiger partial charge in [-0.05, 0) is 37.1 Å². The number of methoxy groups -OCH3 is 1. The largest absolute Gasteiger partial charge is 0.467 e. The molecule has 4 heteroatoms. The SMILES string of the molecule is COC(=O)C(Nc1ccc(C(C)=O)cc1)C(C)C. The Morgan fingerprint density at radius 3 is 2.11 bits per heavy atom. The summed E-state index contributed by atoms with van der Waals surface area (Å²) in [6, 6.07) is 6.65. The quantitative estimate of drug-likeness (QED) is 0.643.